The average molecular weight is 514 g/mol. The predicted molar refractivity (Wildman–Crippen MR) is 126 cm³/mol. The molecule has 0 aliphatic heterocycles. The zero-order valence-electron chi connectivity index (χ0n) is 17.5. The Labute approximate surface area is 189 Å². The standard InChI is InChI=1S/C21H30N4O3.HI/c1-5-22-21(25(3)15-17-9-6-7-10-18(17)27-4)24-13-8-12-23-20(26)19-16(2)11-14-28-19;/h6-7,9-11,14H,5,8,12-13,15H2,1-4H3,(H,22,24)(H,23,26);1H. The van der Waals surface area contributed by atoms with Gasteiger partial charge in [-0.25, -0.2) is 0 Å². The van der Waals surface area contributed by atoms with Crippen LogP contribution >= 0.6 is 24.0 Å². The van der Waals surface area contributed by atoms with Crippen LogP contribution < -0.4 is 15.4 Å². The van der Waals surface area contributed by atoms with Crippen molar-refractivity contribution < 1.29 is 13.9 Å². The van der Waals surface area contributed by atoms with Gasteiger partial charge >= 0.3 is 0 Å². The van der Waals surface area contributed by atoms with E-state index in [2.05, 4.69) is 20.5 Å². The van der Waals surface area contributed by atoms with E-state index in [9.17, 15) is 4.79 Å². The minimum Gasteiger partial charge on any atom is -0.496 e. The fourth-order valence-corrected chi connectivity index (χ4v) is 2.79. The molecule has 1 amide bonds. The molecule has 2 N–H and O–H groups in total. The quantitative estimate of drug-likeness (QED) is 0.232. The number of hydrogen-bond donors (Lipinski definition) is 2. The highest BCUT2D eigenvalue weighted by Crippen LogP contribution is 2.18. The van der Waals surface area contributed by atoms with E-state index in [4.69, 9.17) is 9.15 Å². The Kier molecular flexibility index (Phi) is 11.2. The zero-order chi connectivity index (χ0) is 20.4. The number of carbonyl (C=O) groups excluding carboxylic acids is 1. The second kappa shape index (κ2) is 13.1. The number of methoxy groups -OCH3 is 1. The van der Waals surface area contributed by atoms with Crippen LogP contribution in [0.25, 0.3) is 0 Å². The molecule has 0 saturated heterocycles. The van der Waals surface area contributed by atoms with E-state index in [1.165, 1.54) is 6.26 Å². The summed E-state index contributed by atoms with van der Waals surface area (Å²) in [5.74, 6) is 1.86. The lowest BCUT2D eigenvalue weighted by Gasteiger charge is -2.23. The molecule has 0 spiro atoms. The second-order valence-corrected chi connectivity index (χ2v) is 6.45. The lowest BCUT2D eigenvalue weighted by Crippen LogP contribution is -2.38. The first-order chi connectivity index (χ1) is 13.6. The number of halogens is 1. The normalized spacial score (nSPS) is 10.8. The smallest absolute Gasteiger partial charge is 0.287 e. The Morgan fingerprint density at radius 1 is 1.24 bits per heavy atom. The summed E-state index contributed by atoms with van der Waals surface area (Å²) in [7, 11) is 3.67. The summed E-state index contributed by atoms with van der Waals surface area (Å²) >= 11 is 0. The lowest BCUT2D eigenvalue weighted by molar-refractivity contribution is 0.0925. The monoisotopic (exact) mass is 514 g/mol. The van der Waals surface area contributed by atoms with Crippen LogP contribution in [0.5, 0.6) is 5.75 Å². The topological polar surface area (TPSA) is 79.1 Å². The van der Waals surface area contributed by atoms with Gasteiger partial charge in [-0.1, -0.05) is 18.2 Å². The molecule has 1 aromatic carbocycles. The molecule has 0 atom stereocenters. The highest BCUT2D eigenvalue weighted by Gasteiger charge is 2.12. The van der Waals surface area contributed by atoms with Crippen molar-refractivity contribution in [2.24, 2.45) is 4.99 Å². The van der Waals surface area contributed by atoms with Crippen LogP contribution in [0.3, 0.4) is 0 Å². The number of rotatable bonds is 9. The third kappa shape index (κ3) is 7.60. The number of guanidine groups is 1. The van der Waals surface area contributed by atoms with Crippen molar-refractivity contribution in [1.82, 2.24) is 15.5 Å². The van der Waals surface area contributed by atoms with Gasteiger partial charge in [0.2, 0.25) is 0 Å². The van der Waals surface area contributed by atoms with E-state index in [0.29, 0.717) is 25.4 Å². The number of ether oxygens (including phenoxy) is 1. The molecule has 7 nitrogen and oxygen atoms in total. The summed E-state index contributed by atoms with van der Waals surface area (Å²) in [6.07, 6.45) is 2.26. The fraction of sp³-hybridized carbons (Fsp3) is 0.429. The van der Waals surface area contributed by atoms with Crippen LogP contribution in [0.15, 0.2) is 46.0 Å². The van der Waals surface area contributed by atoms with Crippen molar-refractivity contribution in [2.75, 3.05) is 33.8 Å². The maximum absolute atomic E-state index is 12.0. The first kappa shape index (κ1) is 24.8. The molecule has 2 rings (SSSR count). The summed E-state index contributed by atoms with van der Waals surface area (Å²) in [5.41, 5.74) is 1.93. The number of amides is 1. The van der Waals surface area contributed by atoms with E-state index >= 15 is 0 Å². The van der Waals surface area contributed by atoms with Gasteiger partial charge in [0.15, 0.2) is 11.7 Å². The molecule has 29 heavy (non-hydrogen) atoms. The van der Waals surface area contributed by atoms with Crippen molar-refractivity contribution in [3.05, 3.63) is 53.5 Å². The Hall–Kier alpha value is -2.23. The first-order valence-electron chi connectivity index (χ1n) is 9.50. The van der Waals surface area contributed by atoms with E-state index in [1.54, 1.807) is 13.2 Å². The molecule has 160 valence electrons. The van der Waals surface area contributed by atoms with E-state index in [1.807, 2.05) is 45.2 Å². The second-order valence-electron chi connectivity index (χ2n) is 6.45. The van der Waals surface area contributed by atoms with Crippen LogP contribution in [0, 0.1) is 6.92 Å². The molecule has 0 unspecified atom stereocenters. The molecule has 0 radical (unpaired) electrons. The van der Waals surface area contributed by atoms with Gasteiger partial charge in [-0.15, -0.1) is 24.0 Å². The predicted octanol–water partition coefficient (Wildman–Crippen LogP) is 3.43. The highest BCUT2D eigenvalue weighted by molar-refractivity contribution is 14.0. The Morgan fingerprint density at radius 3 is 2.66 bits per heavy atom. The average Bonchev–Trinajstić information content (AvgIpc) is 3.13. The van der Waals surface area contributed by atoms with Crippen molar-refractivity contribution >= 4 is 35.8 Å². The summed E-state index contributed by atoms with van der Waals surface area (Å²) < 4.78 is 10.6. The number of para-hydroxylation sites is 1. The van der Waals surface area contributed by atoms with Gasteiger partial charge in [0, 0.05) is 44.4 Å². The van der Waals surface area contributed by atoms with Gasteiger partial charge in [0.05, 0.1) is 13.4 Å². The zero-order valence-corrected chi connectivity index (χ0v) is 19.9. The first-order valence-corrected chi connectivity index (χ1v) is 9.50. The van der Waals surface area contributed by atoms with Gasteiger partial charge in [-0.2, -0.15) is 0 Å². The minimum absolute atomic E-state index is 0. The summed E-state index contributed by atoms with van der Waals surface area (Å²) in [4.78, 5) is 18.7. The number of carbonyl (C=O) groups is 1. The fourth-order valence-electron chi connectivity index (χ4n) is 2.79. The molecule has 8 heteroatoms. The van der Waals surface area contributed by atoms with Gasteiger partial charge in [0.1, 0.15) is 5.75 Å². The van der Waals surface area contributed by atoms with Crippen LogP contribution in [0.2, 0.25) is 0 Å². The Morgan fingerprint density at radius 2 is 2.00 bits per heavy atom. The number of nitrogens with zero attached hydrogens (tertiary/aromatic N) is 2. The molecule has 0 aliphatic rings. The van der Waals surface area contributed by atoms with Crippen molar-refractivity contribution in [3.8, 4) is 5.75 Å². The van der Waals surface area contributed by atoms with Gasteiger partial charge in [0.25, 0.3) is 5.91 Å². The molecule has 1 heterocycles. The molecule has 0 saturated carbocycles. The van der Waals surface area contributed by atoms with Gasteiger partial charge in [-0.3, -0.25) is 9.79 Å². The lowest BCUT2D eigenvalue weighted by atomic mass is 10.2. The molecule has 1 aromatic heterocycles. The van der Waals surface area contributed by atoms with Crippen molar-refractivity contribution in [3.63, 3.8) is 0 Å². The van der Waals surface area contributed by atoms with Crippen LogP contribution in [-0.2, 0) is 6.54 Å². The van der Waals surface area contributed by atoms with Crippen LogP contribution in [-0.4, -0.2) is 50.6 Å². The SMILES string of the molecule is CCNC(=NCCCNC(=O)c1occc1C)N(C)Cc1ccccc1OC.I. The van der Waals surface area contributed by atoms with Crippen LogP contribution in [0.1, 0.15) is 35.0 Å². The maximum atomic E-state index is 12.0. The Balaban J connectivity index is 0.00000420. The molecule has 0 bridgehead atoms. The molecule has 2 aromatic rings. The molecular formula is C21H31IN4O3. The number of aliphatic imine (C=N–C) groups is 1. The maximum Gasteiger partial charge on any atom is 0.287 e. The highest BCUT2D eigenvalue weighted by atomic mass is 127. The number of furan rings is 1. The number of hydrogen-bond acceptors (Lipinski definition) is 4. The Bertz CT molecular complexity index is 792. The van der Waals surface area contributed by atoms with Gasteiger partial charge < -0.3 is 24.7 Å². The third-order valence-corrected chi connectivity index (χ3v) is 4.25. The summed E-state index contributed by atoms with van der Waals surface area (Å²) in [5, 5.41) is 6.17. The molecular weight excluding hydrogens is 483 g/mol. The number of benzene rings is 1. The van der Waals surface area contributed by atoms with Crippen molar-refractivity contribution in [2.45, 2.75) is 26.8 Å². The van der Waals surface area contributed by atoms with Crippen LogP contribution in [0.4, 0.5) is 0 Å². The molecule has 0 fully saturated rings. The summed E-state index contributed by atoms with van der Waals surface area (Å²) in [6.45, 7) is 6.50. The van der Waals surface area contributed by atoms with E-state index in [-0.39, 0.29) is 29.9 Å². The van der Waals surface area contributed by atoms with E-state index in [0.717, 1.165) is 35.8 Å². The van der Waals surface area contributed by atoms with E-state index < -0.39 is 0 Å². The third-order valence-electron chi connectivity index (χ3n) is 4.25. The van der Waals surface area contributed by atoms with Crippen molar-refractivity contribution in [1.29, 1.82) is 0 Å². The number of nitrogens with one attached hydrogen (secondary N) is 2. The minimum atomic E-state index is -0.188. The number of aryl methyl sites for hydroxylation is 1. The largest absolute Gasteiger partial charge is 0.496 e. The molecule has 0 aliphatic carbocycles. The summed E-state index contributed by atoms with van der Waals surface area (Å²) in [6, 6.07) is 9.74. The van der Waals surface area contributed by atoms with Gasteiger partial charge in [-0.05, 0) is 32.4 Å².